The minimum absolute atomic E-state index is 0.0212. The number of benzene rings is 1. The zero-order chi connectivity index (χ0) is 23.6. The van der Waals surface area contributed by atoms with Gasteiger partial charge in [0.05, 0.1) is 5.56 Å². The number of aliphatic hydroxyl groups is 1. The van der Waals surface area contributed by atoms with Gasteiger partial charge in [0.25, 0.3) is 0 Å². The average molecular weight is 455 g/mol. The second kappa shape index (κ2) is 7.76. The zero-order valence-electron chi connectivity index (χ0n) is 19.9. The van der Waals surface area contributed by atoms with E-state index in [1.165, 1.54) is 11.1 Å². The lowest BCUT2D eigenvalue weighted by Crippen LogP contribution is -2.55. The first kappa shape index (κ1) is 22.8. The van der Waals surface area contributed by atoms with E-state index in [0.717, 1.165) is 12.8 Å². The van der Waals surface area contributed by atoms with Crippen LogP contribution in [0.3, 0.4) is 0 Å². The first-order chi connectivity index (χ1) is 15.7. The van der Waals surface area contributed by atoms with Gasteiger partial charge in [-0.2, -0.15) is 0 Å². The van der Waals surface area contributed by atoms with Crippen molar-refractivity contribution in [3.05, 3.63) is 47.0 Å². The zero-order valence-corrected chi connectivity index (χ0v) is 19.9. The van der Waals surface area contributed by atoms with Gasteiger partial charge < -0.3 is 19.3 Å². The lowest BCUT2D eigenvalue weighted by molar-refractivity contribution is -0.283. The van der Waals surface area contributed by atoms with Crippen molar-refractivity contribution in [3.8, 4) is 0 Å². The van der Waals surface area contributed by atoms with Crippen molar-refractivity contribution in [1.29, 1.82) is 0 Å². The molecule has 2 aliphatic carbocycles. The van der Waals surface area contributed by atoms with Gasteiger partial charge in [0.15, 0.2) is 5.79 Å². The molecule has 6 nitrogen and oxygen atoms in total. The molecule has 1 saturated carbocycles. The number of ether oxygens (including phenoxy) is 3. The van der Waals surface area contributed by atoms with Crippen LogP contribution in [0, 0.1) is 22.7 Å². The molecule has 4 aliphatic rings. The summed E-state index contributed by atoms with van der Waals surface area (Å²) in [6.45, 7) is 6.31. The molecule has 5 rings (SSSR count). The summed E-state index contributed by atoms with van der Waals surface area (Å²) >= 11 is 0. The Kier molecular flexibility index (Phi) is 5.35. The predicted octanol–water partition coefficient (Wildman–Crippen LogP) is 4.07. The summed E-state index contributed by atoms with van der Waals surface area (Å²) in [6.07, 6.45) is 2.56. The summed E-state index contributed by atoms with van der Waals surface area (Å²) in [5, 5.41) is 9.93. The van der Waals surface area contributed by atoms with Crippen LogP contribution in [0.2, 0.25) is 0 Å². The lowest BCUT2D eigenvalue weighted by atomic mass is 9.57. The molecular weight excluding hydrogens is 420 g/mol. The monoisotopic (exact) mass is 454 g/mol. The fourth-order valence-corrected chi connectivity index (χ4v) is 7.09. The summed E-state index contributed by atoms with van der Waals surface area (Å²) in [5.74, 6) is -1.44. The highest BCUT2D eigenvalue weighted by atomic mass is 16.7. The van der Waals surface area contributed by atoms with Crippen LogP contribution in [0.25, 0.3) is 0 Å². The quantitative estimate of drug-likeness (QED) is 0.534. The Hall–Kier alpha value is -2.02. The normalized spacial score (nSPS) is 40.4. The standard InChI is InChI=1S/C27H34O6/c1-16(15-28)22-19(29)13-25(2)10-11-26(3)18(23(22)25)12-20-21(14-27(26,31-4)33-20)32-24(30)17-8-6-5-7-9-17/h5-9,16,20-22,28H,10-15H2,1-4H3/t16-,20-,21+,22-,25+,26-,27-/m1/s1. The smallest absolute Gasteiger partial charge is 0.338 e. The highest BCUT2D eigenvalue weighted by Crippen LogP contribution is 2.67. The fraction of sp³-hybridized carbons (Fsp3) is 0.630. The van der Waals surface area contributed by atoms with Crippen molar-refractivity contribution < 1.29 is 28.9 Å². The van der Waals surface area contributed by atoms with E-state index in [9.17, 15) is 14.7 Å². The molecule has 1 aromatic carbocycles. The number of hydrogen-bond donors (Lipinski definition) is 1. The van der Waals surface area contributed by atoms with E-state index in [1.54, 1.807) is 19.2 Å². The number of carbonyl (C=O) groups excluding carboxylic acids is 2. The van der Waals surface area contributed by atoms with Crippen LogP contribution >= 0.6 is 0 Å². The number of methoxy groups -OCH3 is 1. The molecule has 178 valence electrons. The van der Waals surface area contributed by atoms with Crippen molar-refractivity contribution in [2.24, 2.45) is 22.7 Å². The number of allylic oxidation sites excluding steroid dienone is 1. The maximum absolute atomic E-state index is 13.1. The number of rotatable bonds is 5. The molecule has 0 aromatic heterocycles. The van der Waals surface area contributed by atoms with Crippen molar-refractivity contribution in [1.82, 2.24) is 0 Å². The van der Waals surface area contributed by atoms with Crippen molar-refractivity contribution in [3.63, 3.8) is 0 Å². The van der Waals surface area contributed by atoms with Crippen molar-refractivity contribution in [2.75, 3.05) is 13.7 Å². The number of carbonyl (C=O) groups is 2. The second-order valence-electron chi connectivity index (χ2n) is 10.9. The summed E-state index contributed by atoms with van der Waals surface area (Å²) < 4.78 is 18.6. The fourth-order valence-electron chi connectivity index (χ4n) is 7.09. The predicted molar refractivity (Wildman–Crippen MR) is 121 cm³/mol. The molecule has 2 saturated heterocycles. The van der Waals surface area contributed by atoms with Crippen molar-refractivity contribution in [2.45, 2.75) is 70.9 Å². The summed E-state index contributed by atoms with van der Waals surface area (Å²) in [7, 11) is 1.67. The molecule has 7 atom stereocenters. The van der Waals surface area contributed by atoms with Gasteiger partial charge >= 0.3 is 5.97 Å². The number of fused-ring (bicyclic) bond motifs is 5. The topological polar surface area (TPSA) is 82.1 Å². The van der Waals surface area contributed by atoms with Gasteiger partial charge in [0, 0.05) is 37.9 Å². The minimum Gasteiger partial charge on any atom is -0.456 e. The van der Waals surface area contributed by atoms with E-state index in [2.05, 4.69) is 13.8 Å². The SMILES string of the molecule is CO[C@@]12C[C@H](OC(=O)c3ccccc3)[C@@H](CC3=C4[C@H]([C@H](C)CO)C(=O)C[C@]4(C)CC[C@]31C)O2. The Morgan fingerprint density at radius 1 is 1.24 bits per heavy atom. The van der Waals surface area contributed by atoms with Gasteiger partial charge in [-0.1, -0.05) is 50.1 Å². The van der Waals surface area contributed by atoms with E-state index < -0.39 is 17.3 Å². The molecular formula is C27H34O6. The number of hydrogen-bond acceptors (Lipinski definition) is 6. The van der Waals surface area contributed by atoms with Crippen LogP contribution in [0.1, 0.15) is 63.2 Å². The molecule has 2 bridgehead atoms. The first-order valence-corrected chi connectivity index (χ1v) is 12.0. The van der Waals surface area contributed by atoms with Crippen molar-refractivity contribution >= 4 is 11.8 Å². The van der Waals surface area contributed by atoms with Gasteiger partial charge in [-0.3, -0.25) is 4.79 Å². The number of ketones is 1. The van der Waals surface area contributed by atoms with E-state index in [0.29, 0.717) is 24.8 Å². The molecule has 2 aliphatic heterocycles. The van der Waals surface area contributed by atoms with Crippen LogP contribution in [0.4, 0.5) is 0 Å². The first-order valence-electron chi connectivity index (χ1n) is 12.0. The largest absolute Gasteiger partial charge is 0.456 e. The van der Waals surface area contributed by atoms with Gasteiger partial charge in [-0.25, -0.2) is 4.79 Å². The van der Waals surface area contributed by atoms with Crippen LogP contribution < -0.4 is 0 Å². The molecule has 1 aromatic rings. The average Bonchev–Trinajstić information content (AvgIpc) is 3.27. The molecule has 0 unspecified atom stereocenters. The van der Waals surface area contributed by atoms with Gasteiger partial charge in [0.1, 0.15) is 18.0 Å². The maximum atomic E-state index is 13.1. The van der Waals surface area contributed by atoms with Crippen LogP contribution in [-0.4, -0.2) is 48.6 Å². The molecule has 6 heteroatoms. The molecule has 2 heterocycles. The summed E-state index contributed by atoms with van der Waals surface area (Å²) in [4.78, 5) is 26.0. The minimum atomic E-state index is -0.903. The molecule has 1 N–H and O–H groups in total. The Balaban J connectivity index is 1.55. The number of aliphatic hydroxyl groups excluding tert-OH is 1. The highest BCUT2D eigenvalue weighted by Gasteiger charge is 2.68. The molecule has 33 heavy (non-hydrogen) atoms. The molecule has 0 radical (unpaired) electrons. The lowest BCUT2D eigenvalue weighted by Gasteiger charge is -2.55. The maximum Gasteiger partial charge on any atom is 0.338 e. The van der Waals surface area contributed by atoms with Gasteiger partial charge in [-0.05, 0) is 42.7 Å². The Morgan fingerprint density at radius 2 is 1.97 bits per heavy atom. The van der Waals surface area contributed by atoms with Crippen LogP contribution in [0.15, 0.2) is 41.5 Å². The third-order valence-corrected chi connectivity index (χ3v) is 8.97. The van der Waals surface area contributed by atoms with E-state index in [1.807, 2.05) is 25.1 Å². The van der Waals surface area contributed by atoms with Gasteiger partial charge in [0.2, 0.25) is 0 Å². The van der Waals surface area contributed by atoms with E-state index >= 15 is 0 Å². The molecule has 0 amide bonds. The molecule has 0 spiro atoms. The van der Waals surface area contributed by atoms with E-state index in [4.69, 9.17) is 14.2 Å². The number of esters is 1. The number of Topliss-reactive ketones (excluding diaryl/α,β-unsaturated/α-hetero) is 1. The third-order valence-electron chi connectivity index (χ3n) is 8.97. The van der Waals surface area contributed by atoms with Crippen LogP contribution in [0.5, 0.6) is 0 Å². The highest BCUT2D eigenvalue weighted by molar-refractivity contribution is 5.90. The Bertz CT molecular complexity index is 1000. The Labute approximate surface area is 195 Å². The third kappa shape index (κ3) is 3.17. The van der Waals surface area contributed by atoms with Gasteiger partial charge in [-0.15, -0.1) is 0 Å². The van der Waals surface area contributed by atoms with Crippen LogP contribution in [-0.2, 0) is 19.0 Å². The molecule has 3 fully saturated rings. The summed E-state index contributed by atoms with van der Waals surface area (Å²) in [6, 6.07) is 9.00. The van der Waals surface area contributed by atoms with E-state index in [-0.39, 0.29) is 41.7 Å². The second-order valence-corrected chi connectivity index (χ2v) is 10.9. The Morgan fingerprint density at radius 3 is 2.64 bits per heavy atom. The summed E-state index contributed by atoms with van der Waals surface area (Å²) in [5.41, 5.74) is 2.32.